The lowest BCUT2D eigenvalue weighted by Gasteiger charge is -2.44. The van der Waals surface area contributed by atoms with E-state index in [-0.39, 0.29) is 18.4 Å². The minimum absolute atomic E-state index is 0. The molecule has 2 aliphatic heterocycles. The van der Waals surface area contributed by atoms with E-state index in [0.29, 0.717) is 25.0 Å². The molecule has 0 radical (unpaired) electrons. The Bertz CT molecular complexity index is 271. The van der Waals surface area contributed by atoms with Crippen LogP contribution in [0.5, 0.6) is 0 Å². The minimum Gasteiger partial charge on any atom is -0.465 e. The van der Waals surface area contributed by atoms with Crippen LogP contribution in [0.15, 0.2) is 0 Å². The van der Waals surface area contributed by atoms with E-state index < -0.39 is 0 Å². The zero-order valence-corrected chi connectivity index (χ0v) is 12.9. The van der Waals surface area contributed by atoms with Crippen LogP contribution in [0.1, 0.15) is 58.3 Å². The van der Waals surface area contributed by atoms with Crippen molar-refractivity contribution in [2.24, 2.45) is 5.92 Å². The van der Waals surface area contributed by atoms with Gasteiger partial charge in [0.05, 0.1) is 6.61 Å². The molecule has 0 aromatic carbocycles. The second-order valence-corrected chi connectivity index (χ2v) is 5.79. The third kappa shape index (κ3) is 4.96. The monoisotopic (exact) mass is 289 g/mol. The van der Waals surface area contributed by atoms with E-state index in [2.05, 4.69) is 11.8 Å². The Kier molecular flexibility index (Phi) is 7.77. The third-order valence-corrected chi connectivity index (χ3v) is 4.42. The molecule has 2 heterocycles. The molecule has 19 heavy (non-hydrogen) atoms. The average Bonchev–Trinajstić information content (AvgIpc) is 2.42. The van der Waals surface area contributed by atoms with Gasteiger partial charge < -0.3 is 4.74 Å². The van der Waals surface area contributed by atoms with E-state index in [4.69, 9.17) is 4.74 Å². The number of unbranched alkanes of at least 4 members (excludes halogenated alkanes) is 1. The van der Waals surface area contributed by atoms with Crippen molar-refractivity contribution in [2.75, 3.05) is 19.7 Å². The van der Waals surface area contributed by atoms with Gasteiger partial charge in [-0.25, -0.2) is 0 Å². The second kappa shape index (κ2) is 8.80. The fourth-order valence-corrected chi connectivity index (χ4v) is 3.36. The predicted molar refractivity (Wildman–Crippen MR) is 79.7 cm³/mol. The van der Waals surface area contributed by atoms with Crippen LogP contribution >= 0.6 is 12.4 Å². The summed E-state index contributed by atoms with van der Waals surface area (Å²) in [6, 6.07) is 0.687. The van der Waals surface area contributed by atoms with Crippen molar-refractivity contribution in [2.45, 2.75) is 64.3 Å². The van der Waals surface area contributed by atoms with Gasteiger partial charge in [0.1, 0.15) is 0 Å². The predicted octanol–water partition coefficient (Wildman–Crippen LogP) is 3.41. The maximum absolute atomic E-state index is 11.6. The summed E-state index contributed by atoms with van der Waals surface area (Å²) in [5.41, 5.74) is 0. The Morgan fingerprint density at radius 2 is 2.00 bits per heavy atom. The van der Waals surface area contributed by atoms with Crippen molar-refractivity contribution in [1.82, 2.24) is 4.90 Å². The molecule has 0 bridgehead atoms. The number of fused-ring (bicyclic) bond motifs is 1. The highest BCUT2D eigenvalue weighted by Crippen LogP contribution is 2.31. The first-order valence-electron chi connectivity index (χ1n) is 7.71. The largest absolute Gasteiger partial charge is 0.465 e. The van der Waals surface area contributed by atoms with Crippen molar-refractivity contribution in [1.29, 1.82) is 0 Å². The molecule has 0 spiro atoms. The highest BCUT2D eigenvalue weighted by molar-refractivity contribution is 5.85. The Morgan fingerprint density at radius 3 is 2.79 bits per heavy atom. The maximum atomic E-state index is 11.6. The quantitative estimate of drug-likeness (QED) is 0.727. The molecule has 0 aromatic rings. The third-order valence-electron chi connectivity index (χ3n) is 4.42. The summed E-state index contributed by atoms with van der Waals surface area (Å²) in [5.74, 6) is 0.592. The van der Waals surface area contributed by atoms with E-state index in [1.54, 1.807) is 0 Å². The molecule has 0 N–H and O–H groups in total. The average molecular weight is 290 g/mol. The summed E-state index contributed by atoms with van der Waals surface area (Å²) < 4.78 is 5.47. The van der Waals surface area contributed by atoms with E-state index in [1.807, 2.05) is 0 Å². The lowest BCUT2D eigenvalue weighted by atomic mass is 9.84. The van der Waals surface area contributed by atoms with Crippen LogP contribution in [0.3, 0.4) is 0 Å². The lowest BCUT2D eigenvalue weighted by Crippen LogP contribution is -2.49. The van der Waals surface area contributed by atoms with Crippen molar-refractivity contribution >= 4 is 18.4 Å². The topological polar surface area (TPSA) is 29.5 Å². The number of nitrogens with zero attached hydrogens (tertiary/aromatic N) is 1. The fraction of sp³-hybridized carbons (Fsp3) is 0.933. The Morgan fingerprint density at radius 1 is 1.21 bits per heavy atom. The standard InChI is InChI=1S/C15H27NO2.ClH/c1-2-3-9-15(17)18-12-13-7-6-11-16-10-5-4-8-14(13)16;/h13-14H,2-12H2,1H3;1H/t13-,14+;/m0./s1. The number of rotatable bonds is 5. The number of hydrogen-bond donors (Lipinski definition) is 0. The van der Waals surface area contributed by atoms with Crippen molar-refractivity contribution < 1.29 is 9.53 Å². The van der Waals surface area contributed by atoms with Crippen molar-refractivity contribution in [3.63, 3.8) is 0 Å². The SMILES string of the molecule is CCCCC(=O)OC[C@@H]1CCCN2CCCC[C@H]12.Cl. The molecule has 3 nitrogen and oxygen atoms in total. The fourth-order valence-electron chi connectivity index (χ4n) is 3.36. The first-order valence-corrected chi connectivity index (χ1v) is 7.71. The Balaban J connectivity index is 0.00000180. The molecule has 0 amide bonds. The molecule has 2 rings (SSSR count). The molecule has 0 unspecified atom stereocenters. The summed E-state index contributed by atoms with van der Waals surface area (Å²) in [4.78, 5) is 14.2. The van der Waals surface area contributed by atoms with Crippen molar-refractivity contribution in [3.05, 3.63) is 0 Å². The number of carbonyl (C=O) groups is 1. The summed E-state index contributed by atoms with van der Waals surface area (Å²) >= 11 is 0. The van der Waals surface area contributed by atoms with Gasteiger partial charge in [-0.15, -0.1) is 12.4 Å². The van der Waals surface area contributed by atoms with Crippen molar-refractivity contribution in [3.8, 4) is 0 Å². The Hall–Kier alpha value is -0.280. The zero-order chi connectivity index (χ0) is 12.8. The van der Waals surface area contributed by atoms with Crippen LogP contribution in [-0.4, -0.2) is 36.6 Å². The highest BCUT2D eigenvalue weighted by Gasteiger charge is 2.33. The number of piperidine rings is 2. The van der Waals surface area contributed by atoms with Crippen LogP contribution in [0.2, 0.25) is 0 Å². The van der Waals surface area contributed by atoms with E-state index >= 15 is 0 Å². The molecular formula is C15H28ClNO2. The number of esters is 1. The molecule has 2 aliphatic rings. The summed E-state index contributed by atoms with van der Waals surface area (Å²) in [6.07, 6.45) is 9.12. The van der Waals surface area contributed by atoms with Gasteiger partial charge in [-0.2, -0.15) is 0 Å². The normalized spacial score (nSPS) is 27.2. The van der Waals surface area contributed by atoms with Crippen LogP contribution < -0.4 is 0 Å². The van der Waals surface area contributed by atoms with Crippen LogP contribution in [-0.2, 0) is 9.53 Å². The van der Waals surface area contributed by atoms with E-state index in [9.17, 15) is 4.79 Å². The van der Waals surface area contributed by atoms with Crippen LogP contribution in [0.4, 0.5) is 0 Å². The maximum Gasteiger partial charge on any atom is 0.305 e. The van der Waals surface area contributed by atoms with Gasteiger partial charge in [0.15, 0.2) is 0 Å². The number of carbonyl (C=O) groups excluding carboxylic acids is 1. The Labute approximate surface area is 123 Å². The molecule has 2 saturated heterocycles. The molecule has 0 aromatic heterocycles. The van der Waals surface area contributed by atoms with Crippen LogP contribution in [0.25, 0.3) is 0 Å². The van der Waals surface area contributed by atoms with Gasteiger partial charge in [-0.3, -0.25) is 9.69 Å². The summed E-state index contributed by atoms with van der Waals surface area (Å²) in [6.45, 7) is 5.27. The molecule has 0 saturated carbocycles. The van der Waals surface area contributed by atoms with Gasteiger partial charge in [-0.1, -0.05) is 19.8 Å². The van der Waals surface area contributed by atoms with Gasteiger partial charge in [0.25, 0.3) is 0 Å². The van der Waals surface area contributed by atoms with Gasteiger partial charge in [-0.05, 0) is 45.2 Å². The summed E-state index contributed by atoms with van der Waals surface area (Å²) in [7, 11) is 0. The highest BCUT2D eigenvalue weighted by atomic mass is 35.5. The van der Waals surface area contributed by atoms with Gasteiger partial charge in [0.2, 0.25) is 0 Å². The number of hydrogen-bond acceptors (Lipinski definition) is 3. The van der Waals surface area contributed by atoms with Gasteiger partial charge >= 0.3 is 5.97 Å². The molecule has 0 aliphatic carbocycles. The first kappa shape index (κ1) is 16.8. The molecule has 112 valence electrons. The van der Waals surface area contributed by atoms with Crippen LogP contribution in [0, 0.1) is 5.92 Å². The van der Waals surface area contributed by atoms with E-state index in [0.717, 1.165) is 12.8 Å². The number of halogens is 1. The minimum atomic E-state index is 0. The lowest BCUT2D eigenvalue weighted by molar-refractivity contribution is -0.146. The second-order valence-electron chi connectivity index (χ2n) is 5.79. The van der Waals surface area contributed by atoms with E-state index in [1.165, 1.54) is 45.2 Å². The summed E-state index contributed by atoms with van der Waals surface area (Å²) in [5, 5.41) is 0. The zero-order valence-electron chi connectivity index (χ0n) is 12.1. The molecule has 2 atom stereocenters. The van der Waals surface area contributed by atoms with Gasteiger partial charge in [0, 0.05) is 18.4 Å². The molecule has 4 heteroatoms. The smallest absolute Gasteiger partial charge is 0.305 e. The number of ether oxygens (including phenoxy) is 1. The molecule has 2 fully saturated rings. The first-order chi connectivity index (χ1) is 8.81. The molecular weight excluding hydrogens is 262 g/mol.